The number of nitrogens with one attached hydrogen (secondary N) is 1. The summed E-state index contributed by atoms with van der Waals surface area (Å²) >= 11 is 0. The summed E-state index contributed by atoms with van der Waals surface area (Å²) in [4.78, 5) is 21.5. The number of aryl methyl sites for hydroxylation is 3. The summed E-state index contributed by atoms with van der Waals surface area (Å²) in [6.45, 7) is 10.2. The Morgan fingerprint density at radius 1 is 0.872 bits per heavy atom. The molecule has 6 rings (SSSR count). The Morgan fingerprint density at radius 2 is 1.62 bits per heavy atom. The number of hydrogen-bond donors (Lipinski definition) is 1. The predicted octanol–water partition coefficient (Wildman–Crippen LogP) is 4.40. The van der Waals surface area contributed by atoms with Gasteiger partial charge in [-0.3, -0.25) is 9.69 Å². The lowest BCUT2D eigenvalue weighted by atomic mass is 10.0. The van der Waals surface area contributed by atoms with Gasteiger partial charge in [0.15, 0.2) is 5.82 Å². The first-order valence-electron chi connectivity index (χ1n) is 13.5. The third-order valence-corrected chi connectivity index (χ3v) is 7.69. The van der Waals surface area contributed by atoms with E-state index in [1.165, 1.54) is 16.8 Å². The Bertz CT molecular complexity index is 1670. The molecule has 1 atom stereocenters. The van der Waals surface area contributed by atoms with Crippen LogP contribution in [0.4, 0.5) is 5.69 Å². The van der Waals surface area contributed by atoms with Crippen LogP contribution in [0, 0.1) is 20.8 Å². The lowest BCUT2D eigenvalue weighted by Crippen LogP contribution is -2.49. The number of hydrogen-bond acceptors (Lipinski definition) is 6. The van der Waals surface area contributed by atoms with Gasteiger partial charge in [0.1, 0.15) is 6.04 Å². The second kappa shape index (κ2) is 10.5. The molecule has 198 valence electrons. The molecule has 1 aliphatic rings. The van der Waals surface area contributed by atoms with E-state index >= 15 is 0 Å². The van der Waals surface area contributed by atoms with Crippen LogP contribution in [-0.2, 0) is 6.54 Å². The molecule has 3 heterocycles. The van der Waals surface area contributed by atoms with Crippen LogP contribution in [0.25, 0.3) is 10.9 Å². The summed E-state index contributed by atoms with van der Waals surface area (Å²) in [6.07, 6.45) is 0. The smallest absolute Gasteiger partial charge is 0.253 e. The highest BCUT2D eigenvalue weighted by atomic mass is 16.1. The Morgan fingerprint density at radius 3 is 2.41 bits per heavy atom. The third-order valence-electron chi connectivity index (χ3n) is 7.69. The Hall–Kier alpha value is -4.30. The van der Waals surface area contributed by atoms with Crippen LogP contribution >= 0.6 is 0 Å². The maximum absolute atomic E-state index is 13.6. The predicted molar refractivity (Wildman–Crippen MR) is 154 cm³/mol. The minimum atomic E-state index is -0.377. The van der Waals surface area contributed by atoms with Crippen LogP contribution in [0.1, 0.15) is 39.7 Å². The maximum Gasteiger partial charge on any atom is 0.253 e. The number of piperazine rings is 1. The van der Waals surface area contributed by atoms with Gasteiger partial charge in [0.2, 0.25) is 0 Å². The minimum absolute atomic E-state index is 0.109. The van der Waals surface area contributed by atoms with Crippen LogP contribution < -0.4 is 10.5 Å². The Balaban J connectivity index is 1.39. The molecule has 0 aliphatic carbocycles. The van der Waals surface area contributed by atoms with Gasteiger partial charge < -0.3 is 9.88 Å². The zero-order valence-corrected chi connectivity index (χ0v) is 22.6. The highest BCUT2D eigenvalue weighted by Gasteiger charge is 2.33. The van der Waals surface area contributed by atoms with Gasteiger partial charge in [-0.25, -0.2) is 4.68 Å². The van der Waals surface area contributed by atoms with Gasteiger partial charge in [0.25, 0.3) is 5.56 Å². The van der Waals surface area contributed by atoms with Crippen molar-refractivity contribution in [3.63, 3.8) is 0 Å². The molecule has 5 aromatic rings. The van der Waals surface area contributed by atoms with E-state index in [1.54, 1.807) is 0 Å². The average molecular weight is 520 g/mol. The highest BCUT2D eigenvalue weighted by Crippen LogP contribution is 2.30. The lowest BCUT2D eigenvalue weighted by Gasteiger charge is -2.40. The van der Waals surface area contributed by atoms with Crippen molar-refractivity contribution in [2.24, 2.45) is 0 Å². The number of fused-ring (bicyclic) bond motifs is 1. The molecule has 8 nitrogen and oxygen atoms in total. The number of anilines is 1. The third kappa shape index (κ3) is 5.07. The SMILES string of the molecule is Cc1ccc(C)c(N2CCN(C(c3cc4cc(C)ccc4[nH]c3=O)c3nnnn3Cc3ccccc3)CC2)c1. The average Bonchev–Trinajstić information content (AvgIpc) is 3.39. The number of rotatable bonds is 6. The first kappa shape index (κ1) is 25.0. The summed E-state index contributed by atoms with van der Waals surface area (Å²) < 4.78 is 1.83. The minimum Gasteiger partial charge on any atom is -0.369 e. The van der Waals surface area contributed by atoms with Crippen LogP contribution in [0.15, 0.2) is 77.6 Å². The number of tetrazole rings is 1. The molecule has 0 radical (unpaired) electrons. The summed E-state index contributed by atoms with van der Waals surface area (Å²) in [6, 6.07) is 24.5. The normalized spacial score (nSPS) is 15.1. The largest absolute Gasteiger partial charge is 0.369 e. The molecule has 1 saturated heterocycles. The van der Waals surface area contributed by atoms with E-state index in [0.29, 0.717) is 17.9 Å². The van der Waals surface area contributed by atoms with Gasteiger partial charge in [-0.15, -0.1) is 5.10 Å². The maximum atomic E-state index is 13.6. The Labute approximate surface area is 227 Å². The number of pyridine rings is 1. The van der Waals surface area contributed by atoms with Gasteiger partial charge >= 0.3 is 0 Å². The fraction of sp³-hybridized carbons (Fsp3) is 0.290. The van der Waals surface area contributed by atoms with E-state index in [1.807, 2.05) is 41.1 Å². The molecular formula is C31H33N7O. The quantitative estimate of drug-likeness (QED) is 0.358. The Kier molecular flexibility index (Phi) is 6.70. The van der Waals surface area contributed by atoms with Crippen molar-refractivity contribution in [2.75, 3.05) is 31.1 Å². The zero-order chi connectivity index (χ0) is 26.9. The van der Waals surface area contributed by atoms with Crippen molar-refractivity contribution in [1.29, 1.82) is 0 Å². The number of aromatic nitrogens is 5. The van der Waals surface area contributed by atoms with E-state index in [9.17, 15) is 4.79 Å². The van der Waals surface area contributed by atoms with Crippen molar-refractivity contribution in [1.82, 2.24) is 30.1 Å². The summed E-state index contributed by atoms with van der Waals surface area (Å²) in [5.41, 5.74) is 7.45. The molecule has 1 N–H and O–H groups in total. The topological polar surface area (TPSA) is 82.9 Å². The fourth-order valence-electron chi connectivity index (χ4n) is 5.60. The first-order chi connectivity index (χ1) is 19.0. The van der Waals surface area contributed by atoms with E-state index in [0.717, 1.165) is 48.2 Å². The van der Waals surface area contributed by atoms with Crippen LogP contribution in [-0.4, -0.2) is 56.3 Å². The molecule has 39 heavy (non-hydrogen) atoms. The van der Waals surface area contributed by atoms with Gasteiger partial charge in [-0.2, -0.15) is 0 Å². The summed E-state index contributed by atoms with van der Waals surface area (Å²) in [7, 11) is 0. The number of benzene rings is 3. The molecule has 3 aromatic carbocycles. The molecular weight excluding hydrogens is 486 g/mol. The molecule has 8 heteroatoms. The summed E-state index contributed by atoms with van der Waals surface area (Å²) in [5, 5.41) is 13.9. The monoisotopic (exact) mass is 519 g/mol. The van der Waals surface area contributed by atoms with E-state index in [-0.39, 0.29) is 11.6 Å². The molecule has 0 bridgehead atoms. The van der Waals surface area contributed by atoms with Crippen LogP contribution in [0.3, 0.4) is 0 Å². The molecule has 0 saturated carbocycles. The number of aromatic amines is 1. The van der Waals surface area contributed by atoms with Gasteiger partial charge in [-0.1, -0.05) is 54.1 Å². The molecule has 1 fully saturated rings. The second-order valence-corrected chi connectivity index (χ2v) is 10.5. The molecule has 1 aliphatic heterocycles. The lowest BCUT2D eigenvalue weighted by molar-refractivity contribution is 0.200. The second-order valence-electron chi connectivity index (χ2n) is 10.5. The van der Waals surface area contributed by atoms with Crippen LogP contribution in [0.5, 0.6) is 0 Å². The van der Waals surface area contributed by atoms with E-state index in [4.69, 9.17) is 0 Å². The summed E-state index contributed by atoms with van der Waals surface area (Å²) in [5.74, 6) is 0.677. The molecule has 0 amide bonds. The molecule has 0 spiro atoms. The fourth-order valence-corrected chi connectivity index (χ4v) is 5.60. The molecule has 2 aromatic heterocycles. The van der Waals surface area contributed by atoms with E-state index in [2.05, 4.69) is 87.5 Å². The van der Waals surface area contributed by atoms with Crippen molar-refractivity contribution in [3.05, 3.63) is 117 Å². The zero-order valence-electron chi connectivity index (χ0n) is 22.6. The van der Waals surface area contributed by atoms with E-state index < -0.39 is 0 Å². The van der Waals surface area contributed by atoms with Crippen molar-refractivity contribution in [2.45, 2.75) is 33.4 Å². The highest BCUT2D eigenvalue weighted by molar-refractivity contribution is 5.79. The number of nitrogens with zero attached hydrogens (tertiary/aromatic N) is 6. The van der Waals surface area contributed by atoms with Gasteiger partial charge in [0, 0.05) is 42.9 Å². The van der Waals surface area contributed by atoms with Crippen molar-refractivity contribution >= 4 is 16.6 Å². The number of H-pyrrole nitrogens is 1. The van der Waals surface area contributed by atoms with Crippen molar-refractivity contribution in [3.8, 4) is 0 Å². The van der Waals surface area contributed by atoms with Crippen molar-refractivity contribution < 1.29 is 0 Å². The van der Waals surface area contributed by atoms with Crippen LogP contribution in [0.2, 0.25) is 0 Å². The standard InChI is InChI=1S/C31H33N7O/c1-21-10-12-27-25(17-21)19-26(31(39)32-27)29(30-33-34-35-38(30)20-24-7-5-4-6-8-24)37-15-13-36(14-16-37)28-18-22(2)9-11-23(28)3/h4-12,17-19,29H,13-16,20H2,1-3H3,(H,32,39). The van der Waals surface area contributed by atoms with Gasteiger partial charge in [-0.05, 0) is 77.5 Å². The molecule has 1 unspecified atom stereocenters. The first-order valence-corrected chi connectivity index (χ1v) is 13.5. The van der Waals surface area contributed by atoms with Gasteiger partial charge in [0.05, 0.1) is 6.54 Å².